The minimum Gasteiger partial charge on any atom is -0.323 e. The first-order valence-corrected chi connectivity index (χ1v) is 3.89. The van der Waals surface area contributed by atoms with Crippen LogP contribution < -0.4 is 5.73 Å². The number of rotatable bonds is 2. The molecule has 0 bridgehead atoms. The minimum absolute atomic E-state index is 0.0571. The van der Waals surface area contributed by atoms with E-state index in [1.807, 2.05) is 6.92 Å². The number of nitriles is 1. The molecule has 0 spiro atoms. The third-order valence-corrected chi connectivity index (χ3v) is 1.73. The first kappa shape index (κ1) is 8.69. The molecule has 0 unspecified atom stereocenters. The second kappa shape index (κ2) is 3.84. The van der Waals surface area contributed by atoms with Crippen molar-refractivity contribution in [3.63, 3.8) is 0 Å². The maximum atomic E-state index is 8.60. The van der Waals surface area contributed by atoms with Crippen molar-refractivity contribution in [1.29, 1.82) is 5.26 Å². The van der Waals surface area contributed by atoms with Gasteiger partial charge in [0, 0.05) is 12.2 Å². The average molecular weight is 161 g/mol. The van der Waals surface area contributed by atoms with Crippen LogP contribution in [0.3, 0.4) is 0 Å². The van der Waals surface area contributed by atoms with Gasteiger partial charge in [0.15, 0.2) is 0 Å². The van der Waals surface area contributed by atoms with Gasteiger partial charge < -0.3 is 5.73 Å². The van der Waals surface area contributed by atoms with Gasteiger partial charge in [-0.05, 0) is 18.6 Å². The van der Waals surface area contributed by atoms with Crippen molar-refractivity contribution < 1.29 is 0 Å². The fourth-order valence-electron chi connectivity index (χ4n) is 0.930. The number of nitrogens with two attached hydrogens (primary N) is 1. The smallest absolute Gasteiger partial charge is 0.0992 e. The van der Waals surface area contributed by atoms with Crippen LogP contribution in [-0.2, 0) is 0 Å². The van der Waals surface area contributed by atoms with E-state index >= 15 is 0 Å². The third kappa shape index (κ3) is 1.80. The number of aromatic nitrogens is 1. The molecule has 0 amide bonds. The monoisotopic (exact) mass is 161 g/mol. The van der Waals surface area contributed by atoms with E-state index in [9.17, 15) is 0 Å². The highest BCUT2D eigenvalue weighted by Crippen LogP contribution is 2.11. The molecule has 0 radical (unpaired) electrons. The Morgan fingerprint density at radius 2 is 2.50 bits per heavy atom. The molecule has 0 saturated carbocycles. The molecule has 1 rings (SSSR count). The van der Waals surface area contributed by atoms with E-state index in [0.29, 0.717) is 5.56 Å². The van der Waals surface area contributed by atoms with Gasteiger partial charge in [0.2, 0.25) is 0 Å². The summed E-state index contributed by atoms with van der Waals surface area (Å²) < 4.78 is 0. The van der Waals surface area contributed by atoms with Crippen molar-refractivity contribution >= 4 is 0 Å². The predicted molar refractivity (Wildman–Crippen MR) is 46.2 cm³/mol. The van der Waals surface area contributed by atoms with E-state index in [4.69, 9.17) is 11.0 Å². The largest absolute Gasteiger partial charge is 0.323 e. The molecule has 62 valence electrons. The van der Waals surface area contributed by atoms with Gasteiger partial charge in [0.05, 0.1) is 17.3 Å². The molecule has 1 heterocycles. The highest BCUT2D eigenvalue weighted by atomic mass is 14.8. The molecule has 0 aliphatic heterocycles. The summed E-state index contributed by atoms with van der Waals surface area (Å²) in [5.74, 6) is 0. The van der Waals surface area contributed by atoms with Crippen LogP contribution in [0, 0.1) is 11.3 Å². The van der Waals surface area contributed by atoms with Crippen molar-refractivity contribution in [1.82, 2.24) is 4.98 Å². The van der Waals surface area contributed by atoms with Crippen LogP contribution in [0.5, 0.6) is 0 Å². The summed E-state index contributed by atoms with van der Waals surface area (Å²) in [6, 6.07) is 5.40. The van der Waals surface area contributed by atoms with Gasteiger partial charge in [0.1, 0.15) is 0 Å². The third-order valence-electron chi connectivity index (χ3n) is 1.73. The fourth-order valence-corrected chi connectivity index (χ4v) is 0.930. The SMILES string of the molecule is CC[C@@H](N)c1cc(C#N)ccn1. The Kier molecular flexibility index (Phi) is 2.78. The van der Waals surface area contributed by atoms with Crippen molar-refractivity contribution in [2.45, 2.75) is 19.4 Å². The predicted octanol–water partition coefficient (Wildman–Crippen LogP) is 1.36. The molecule has 1 aromatic heterocycles. The Balaban J connectivity index is 2.95. The maximum absolute atomic E-state index is 8.60. The number of hydrogen-bond donors (Lipinski definition) is 1. The quantitative estimate of drug-likeness (QED) is 0.712. The Hall–Kier alpha value is -1.40. The normalized spacial score (nSPS) is 12.1. The van der Waals surface area contributed by atoms with Crippen molar-refractivity contribution in [2.24, 2.45) is 5.73 Å². The first-order valence-electron chi connectivity index (χ1n) is 3.89. The molecule has 0 aromatic carbocycles. The van der Waals surface area contributed by atoms with Crippen LogP contribution in [0.2, 0.25) is 0 Å². The van der Waals surface area contributed by atoms with E-state index < -0.39 is 0 Å². The van der Waals surface area contributed by atoms with Gasteiger partial charge in [-0.2, -0.15) is 5.26 Å². The molecular weight excluding hydrogens is 150 g/mol. The maximum Gasteiger partial charge on any atom is 0.0992 e. The Labute approximate surface area is 71.8 Å². The summed E-state index contributed by atoms with van der Waals surface area (Å²) in [4.78, 5) is 4.08. The average Bonchev–Trinajstić information content (AvgIpc) is 2.17. The number of nitrogens with zero attached hydrogens (tertiary/aromatic N) is 2. The van der Waals surface area contributed by atoms with Crippen LogP contribution in [0.15, 0.2) is 18.3 Å². The zero-order chi connectivity index (χ0) is 8.97. The lowest BCUT2D eigenvalue weighted by molar-refractivity contribution is 0.675. The Morgan fingerprint density at radius 1 is 1.75 bits per heavy atom. The molecule has 12 heavy (non-hydrogen) atoms. The molecule has 0 saturated heterocycles. The van der Waals surface area contributed by atoms with Crippen molar-refractivity contribution in [3.8, 4) is 6.07 Å². The topological polar surface area (TPSA) is 62.7 Å². The summed E-state index contributed by atoms with van der Waals surface area (Å²) in [6.07, 6.45) is 2.45. The zero-order valence-electron chi connectivity index (χ0n) is 6.99. The summed E-state index contributed by atoms with van der Waals surface area (Å²) in [5.41, 5.74) is 7.15. The van der Waals surface area contributed by atoms with Gasteiger partial charge in [-0.3, -0.25) is 4.98 Å². The van der Waals surface area contributed by atoms with Gasteiger partial charge >= 0.3 is 0 Å². The van der Waals surface area contributed by atoms with E-state index in [2.05, 4.69) is 11.1 Å². The lowest BCUT2D eigenvalue weighted by atomic mass is 10.1. The Morgan fingerprint density at radius 3 is 3.08 bits per heavy atom. The summed E-state index contributed by atoms with van der Waals surface area (Å²) >= 11 is 0. The molecule has 3 nitrogen and oxygen atoms in total. The summed E-state index contributed by atoms with van der Waals surface area (Å²) in [6.45, 7) is 1.99. The second-order valence-electron chi connectivity index (χ2n) is 2.60. The fraction of sp³-hybridized carbons (Fsp3) is 0.333. The summed E-state index contributed by atoms with van der Waals surface area (Å²) in [5, 5.41) is 8.60. The highest BCUT2D eigenvalue weighted by molar-refractivity contribution is 5.29. The molecule has 0 aliphatic carbocycles. The van der Waals surface area contributed by atoms with Crippen LogP contribution in [0.25, 0.3) is 0 Å². The van der Waals surface area contributed by atoms with Crippen LogP contribution in [-0.4, -0.2) is 4.98 Å². The molecule has 3 heteroatoms. The Bertz CT molecular complexity index is 301. The van der Waals surface area contributed by atoms with Gasteiger partial charge in [-0.1, -0.05) is 6.92 Å². The second-order valence-corrected chi connectivity index (χ2v) is 2.60. The highest BCUT2D eigenvalue weighted by Gasteiger charge is 2.04. The van der Waals surface area contributed by atoms with E-state index in [0.717, 1.165) is 12.1 Å². The lowest BCUT2D eigenvalue weighted by Crippen LogP contribution is -2.10. The van der Waals surface area contributed by atoms with Gasteiger partial charge in [-0.25, -0.2) is 0 Å². The van der Waals surface area contributed by atoms with Gasteiger partial charge in [-0.15, -0.1) is 0 Å². The molecule has 0 aliphatic rings. The number of pyridine rings is 1. The van der Waals surface area contributed by atoms with E-state index in [-0.39, 0.29) is 6.04 Å². The van der Waals surface area contributed by atoms with Gasteiger partial charge in [0.25, 0.3) is 0 Å². The van der Waals surface area contributed by atoms with Crippen molar-refractivity contribution in [3.05, 3.63) is 29.6 Å². The zero-order valence-corrected chi connectivity index (χ0v) is 6.99. The number of hydrogen-bond acceptors (Lipinski definition) is 3. The molecule has 1 aromatic rings. The van der Waals surface area contributed by atoms with Crippen LogP contribution in [0.1, 0.15) is 30.6 Å². The minimum atomic E-state index is -0.0571. The molecule has 0 fully saturated rings. The molecule has 2 N–H and O–H groups in total. The molecular formula is C9H11N3. The lowest BCUT2D eigenvalue weighted by Gasteiger charge is -2.06. The van der Waals surface area contributed by atoms with E-state index in [1.165, 1.54) is 0 Å². The van der Waals surface area contributed by atoms with Crippen molar-refractivity contribution in [2.75, 3.05) is 0 Å². The molecule has 1 atom stereocenters. The first-order chi connectivity index (χ1) is 5.77. The van der Waals surface area contributed by atoms with E-state index in [1.54, 1.807) is 18.3 Å². The summed E-state index contributed by atoms with van der Waals surface area (Å²) in [7, 11) is 0. The van der Waals surface area contributed by atoms with Crippen LogP contribution in [0.4, 0.5) is 0 Å². The van der Waals surface area contributed by atoms with Crippen LogP contribution >= 0.6 is 0 Å². The standard InChI is InChI=1S/C9H11N3/c1-2-8(11)9-5-7(6-10)3-4-12-9/h3-5,8H,2,11H2,1H3/t8-/m1/s1.